The SMILES string of the molecule is CCc1c(C(=O)C(N)=O)c2c(OCC(=O)O)ncnc2n1Cc1cccc(F)c1. The molecular weight excluding hydrogens is 383 g/mol. The summed E-state index contributed by atoms with van der Waals surface area (Å²) in [5.74, 6) is -3.98. The maximum atomic E-state index is 13.6. The lowest BCUT2D eigenvalue weighted by Gasteiger charge is -2.10. The van der Waals surface area contributed by atoms with E-state index in [1.54, 1.807) is 23.6 Å². The minimum absolute atomic E-state index is 0.0487. The number of amides is 1. The molecule has 0 saturated heterocycles. The fourth-order valence-corrected chi connectivity index (χ4v) is 3.15. The molecule has 3 N–H and O–H groups in total. The predicted molar refractivity (Wildman–Crippen MR) is 99.1 cm³/mol. The van der Waals surface area contributed by atoms with Gasteiger partial charge in [-0.15, -0.1) is 0 Å². The maximum Gasteiger partial charge on any atom is 0.341 e. The van der Waals surface area contributed by atoms with Gasteiger partial charge in [-0.25, -0.2) is 19.2 Å². The zero-order chi connectivity index (χ0) is 21.1. The highest BCUT2D eigenvalue weighted by Crippen LogP contribution is 2.32. The van der Waals surface area contributed by atoms with Crippen LogP contribution < -0.4 is 10.5 Å². The van der Waals surface area contributed by atoms with Crippen molar-refractivity contribution in [2.75, 3.05) is 6.61 Å². The smallest absolute Gasteiger partial charge is 0.341 e. The molecule has 0 spiro atoms. The van der Waals surface area contributed by atoms with Crippen LogP contribution in [0.2, 0.25) is 0 Å². The first-order valence-electron chi connectivity index (χ1n) is 8.62. The van der Waals surface area contributed by atoms with Crippen LogP contribution in [0.4, 0.5) is 4.39 Å². The Hall–Kier alpha value is -3.82. The molecule has 3 rings (SSSR count). The molecule has 0 atom stereocenters. The van der Waals surface area contributed by atoms with Gasteiger partial charge in [-0.05, 0) is 24.1 Å². The van der Waals surface area contributed by atoms with Gasteiger partial charge in [0.2, 0.25) is 5.88 Å². The Bertz CT molecular complexity index is 1130. The molecule has 2 aromatic heterocycles. The highest BCUT2D eigenvalue weighted by molar-refractivity contribution is 6.45. The van der Waals surface area contributed by atoms with E-state index in [-0.39, 0.29) is 29.0 Å². The minimum Gasteiger partial charge on any atom is -0.479 e. The number of hydrogen-bond donors (Lipinski definition) is 2. The third-order valence-electron chi connectivity index (χ3n) is 4.26. The van der Waals surface area contributed by atoms with E-state index in [1.165, 1.54) is 12.1 Å². The first kappa shape index (κ1) is 19.9. The first-order valence-corrected chi connectivity index (χ1v) is 8.62. The van der Waals surface area contributed by atoms with Crippen molar-refractivity contribution in [1.82, 2.24) is 14.5 Å². The van der Waals surface area contributed by atoms with E-state index in [2.05, 4.69) is 9.97 Å². The number of carboxylic acids is 1. The van der Waals surface area contributed by atoms with E-state index < -0.39 is 30.1 Å². The third kappa shape index (κ3) is 3.91. The largest absolute Gasteiger partial charge is 0.479 e. The normalized spacial score (nSPS) is 10.8. The third-order valence-corrected chi connectivity index (χ3v) is 4.26. The fraction of sp³-hybridized carbons (Fsp3) is 0.211. The second-order valence-corrected chi connectivity index (χ2v) is 6.14. The van der Waals surface area contributed by atoms with Gasteiger partial charge in [0.05, 0.1) is 10.9 Å². The summed E-state index contributed by atoms with van der Waals surface area (Å²) in [6.45, 7) is 1.21. The number of benzene rings is 1. The molecule has 150 valence electrons. The number of carbonyl (C=O) groups excluding carboxylic acids is 2. The van der Waals surface area contributed by atoms with Crippen molar-refractivity contribution >= 4 is 28.7 Å². The van der Waals surface area contributed by atoms with Gasteiger partial charge < -0.3 is 20.1 Å². The molecule has 0 saturated carbocycles. The molecule has 0 aliphatic heterocycles. The Morgan fingerprint density at radius 1 is 1.28 bits per heavy atom. The number of nitrogens with zero attached hydrogens (tertiary/aromatic N) is 3. The second kappa shape index (κ2) is 8.05. The highest BCUT2D eigenvalue weighted by Gasteiger charge is 2.29. The molecule has 3 aromatic rings. The molecule has 10 heteroatoms. The predicted octanol–water partition coefficient (Wildman–Crippen LogP) is 1.31. The van der Waals surface area contributed by atoms with Crippen LogP contribution in [0, 0.1) is 5.82 Å². The van der Waals surface area contributed by atoms with Crippen molar-refractivity contribution in [2.24, 2.45) is 5.73 Å². The summed E-state index contributed by atoms with van der Waals surface area (Å²) in [7, 11) is 0. The quantitative estimate of drug-likeness (QED) is 0.429. The molecule has 0 fully saturated rings. The van der Waals surface area contributed by atoms with Crippen LogP contribution in [0.15, 0.2) is 30.6 Å². The summed E-state index contributed by atoms with van der Waals surface area (Å²) in [5, 5.41) is 8.98. The van der Waals surface area contributed by atoms with Gasteiger partial charge >= 0.3 is 5.97 Å². The van der Waals surface area contributed by atoms with E-state index >= 15 is 0 Å². The number of carboxylic acid groups (broad SMARTS) is 1. The number of nitrogens with two attached hydrogens (primary N) is 1. The molecule has 1 aromatic carbocycles. The molecule has 29 heavy (non-hydrogen) atoms. The Morgan fingerprint density at radius 3 is 2.66 bits per heavy atom. The summed E-state index contributed by atoms with van der Waals surface area (Å²) in [4.78, 5) is 43.2. The number of ketones is 1. The Labute approximate surface area is 163 Å². The molecule has 0 aliphatic rings. The van der Waals surface area contributed by atoms with Crippen molar-refractivity contribution in [3.8, 4) is 5.88 Å². The number of primary amides is 1. The van der Waals surface area contributed by atoms with Crippen LogP contribution in [0.1, 0.15) is 28.5 Å². The van der Waals surface area contributed by atoms with Gasteiger partial charge in [0.1, 0.15) is 17.8 Å². The number of carbonyl (C=O) groups is 3. The van der Waals surface area contributed by atoms with Crippen LogP contribution in [0.5, 0.6) is 5.88 Å². The number of rotatable bonds is 8. The molecular formula is C19H17FN4O5. The topological polar surface area (TPSA) is 137 Å². The van der Waals surface area contributed by atoms with Crippen molar-refractivity contribution in [3.63, 3.8) is 0 Å². The van der Waals surface area contributed by atoms with Crippen molar-refractivity contribution in [3.05, 3.63) is 53.2 Å². The van der Waals surface area contributed by atoms with Crippen molar-refractivity contribution < 1.29 is 28.6 Å². The molecule has 9 nitrogen and oxygen atoms in total. The average Bonchev–Trinajstić information content (AvgIpc) is 2.99. The highest BCUT2D eigenvalue weighted by atomic mass is 19.1. The number of ether oxygens (including phenoxy) is 1. The van der Waals surface area contributed by atoms with Crippen LogP contribution in [-0.4, -0.2) is 43.9 Å². The molecule has 1 amide bonds. The lowest BCUT2D eigenvalue weighted by molar-refractivity contribution is -0.139. The lowest BCUT2D eigenvalue weighted by Crippen LogP contribution is -2.24. The first-order chi connectivity index (χ1) is 13.8. The number of fused-ring (bicyclic) bond motifs is 1. The van der Waals surface area contributed by atoms with Gasteiger partial charge in [-0.2, -0.15) is 0 Å². The number of aromatic nitrogens is 3. The Kier molecular flexibility index (Phi) is 5.53. The van der Waals surface area contributed by atoms with E-state index in [4.69, 9.17) is 15.6 Å². The van der Waals surface area contributed by atoms with Crippen LogP contribution in [0.3, 0.4) is 0 Å². The minimum atomic E-state index is -1.24. The number of aliphatic carboxylic acids is 1. The average molecular weight is 400 g/mol. The molecule has 2 heterocycles. The summed E-state index contributed by atoms with van der Waals surface area (Å²) in [6, 6.07) is 5.89. The Morgan fingerprint density at radius 2 is 2.03 bits per heavy atom. The molecule has 0 unspecified atom stereocenters. The molecule has 0 aliphatic carbocycles. The number of Topliss-reactive ketones (excluding diaryl/α,β-unsaturated/α-hetero) is 1. The van der Waals surface area contributed by atoms with E-state index in [1.807, 2.05) is 0 Å². The maximum absolute atomic E-state index is 13.6. The lowest BCUT2D eigenvalue weighted by atomic mass is 10.1. The van der Waals surface area contributed by atoms with E-state index in [9.17, 15) is 18.8 Å². The van der Waals surface area contributed by atoms with Crippen LogP contribution >= 0.6 is 0 Å². The second-order valence-electron chi connectivity index (χ2n) is 6.14. The van der Waals surface area contributed by atoms with Gasteiger partial charge in [0.15, 0.2) is 6.61 Å². The summed E-state index contributed by atoms with van der Waals surface area (Å²) < 4.78 is 20.5. The van der Waals surface area contributed by atoms with Crippen molar-refractivity contribution in [2.45, 2.75) is 19.9 Å². The van der Waals surface area contributed by atoms with Gasteiger partial charge in [-0.1, -0.05) is 19.1 Å². The van der Waals surface area contributed by atoms with Gasteiger partial charge in [0.25, 0.3) is 11.7 Å². The van der Waals surface area contributed by atoms with E-state index in [0.717, 1.165) is 6.33 Å². The summed E-state index contributed by atoms with van der Waals surface area (Å²) >= 11 is 0. The fourth-order valence-electron chi connectivity index (χ4n) is 3.15. The van der Waals surface area contributed by atoms with Gasteiger partial charge in [0, 0.05) is 12.2 Å². The summed E-state index contributed by atoms with van der Waals surface area (Å²) in [5.41, 5.74) is 6.43. The summed E-state index contributed by atoms with van der Waals surface area (Å²) in [6.07, 6.45) is 1.47. The molecule has 0 bridgehead atoms. The van der Waals surface area contributed by atoms with Gasteiger partial charge in [-0.3, -0.25) is 9.59 Å². The van der Waals surface area contributed by atoms with E-state index in [0.29, 0.717) is 17.7 Å². The van der Waals surface area contributed by atoms with Crippen LogP contribution in [-0.2, 0) is 22.6 Å². The monoisotopic (exact) mass is 400 g/mol. The van der Waals surface area contributed by atoms with Crippen LogP contribution in [0.25, 0.3) is 11.0 Å². The standard InChI is InChI=1S/C19H17FN4O5/c1-2-12-14(16(27)17(21)28)15-18(22-9-23-19(15)29-8-13(25)26)24(12)7-10-4-3-5-11(20)6-10/h3-6,9H,2,7-8H2,1H3,(H2,21,28)(H,25,26). The molecule has 0 radical (unpaired) electrons. The zero-order valence-corrected chi connectivity index (χ0v) is 15.4. The zero-order valence-electron chi connectivity index (χ0n) is 15.4. The number of hydrogen-bond acceptors (Lipinski definition) is 6. The van der Waals surface area contributed by atoms with Crippen molar-refractivity contribution in [1.29, 1.82) is 0 Å². The Balaban J connectivity index is 2.27. The number of halogens is 1.